The van der Waals surface area contributed by atoms with Crippen LogP contribution in [0.1, 0.15) is 51.1 Å². The van der Waals surface area contributed by atoms with E-state index in [0.717, 1.165) is 30.6 Å². The van der Waals surface area contributed by atoms with Crippen molar-refractivity contribution in [3.63, 3.8) is 0 Å². The summed E-state index contributed by atoms with van der Waals surface area (Å²) in [5.74, 6) is 0.608. The van der Waals surface area contributed by atoms with Crippen LogP contribution in [0.5, 0.6) is 5.75 Å². The number of hydrogen-bond acceptors (Lipinski definition) is 4. The zero-order valence-electron chi connectivity index (χ0n) is 16.1. The maximum absolute atomic E-state index is 13.0. The first-order chi connectivity index (χ1) is 13.0. The third-order valence-electron chi connectivity index (χ3n) is 6.07. The molecule has 0 aliphatic carbocycles. The first-order valence-electron chi connectivity index (χ1n) is 9.93. The molecule has 6 nitrogen and oxygen atoms in total. The van der Waals surface area contributed by atoms with Crippen LogP contribution in [0, 0.1) is 5.92 Å². The summed E-state index contributed by atoms with van der Waals surface area (Å²) in [6, 6.07) is 7.97. The second-order valence-corrected chi connectivity index (χ2v) is 8.24. The van der Waals surface area contributed by atoms with E-state index in [1.807, 2.05) is 38.1 Å². The molecule has 6 heteroatoms. The maximum atomic E-state index is 13.0. The number of carbonyl (C=O) groups excluding carboxylic acids is 2. The van der Waals surface area contributed by atoms with Gasteiger partial charge in [-0.2, -0.15) is 0 Å². The molecule has 0 aromatic heterocycles. The van der Waals surface area contributed by atoms with Gasteiger partial charge in [-0.15, -0.1) is 0 Å². The molecule has 3 aliphatic heterocycles. The minimum Gasteiger partial charge on any atom is -0.487 e. The van der Waals surface area contributed by atoms with Gasteiger partial charge in [0.2, 0.25) is 11.8 Å². The minimum absolute atomic E-state index is 0.0320. The molecule has 2 amide bonds. The Morgan fingerprint density at radius 3 is 2.70 bits per heavy atom. The first-order valence-corrected chi connectivity index (χ1v) is 9.93. The topological polar surface area (TPSA) is 67.9 Å². The summed E-state index contributed by atoms with van der Waals surface area (Å²) in [6.45, 7) is 5.85. The third kappa shape index (κ3) is 3.55. The number of rotatable bonds is 3. The van der Waals surface area contributed by atoms with Gasteiger partial charge in [-0.3, -0.25) is 9.59 Å². The van der Waals surface area contributed by atoms with Gasteiger partial charge in [0.15, 0.2) is 0 Å². The van der Waals surface area contributed by atoms with Crippen molar-refractivity contribution in [2.45, 2.75) is 57.2 Å². The smallest absolute Gasteiger partial charge is 0.225 e. The largest absolute Gasteiger partial charge is 0.487 e. The average Bonchev–Trinajstić information content (AvgIpc) is 3.04. The van der Waals surface area contributed by atoms with Crippen LogP contribution < -0.4 is 10.1 Å². The summed E-state index contributed by atoms with van der Waals surface area (Å²) in [7, 11) is 0. The van der Waals surface area contributed by atoms with Gasteiger partial charge in [-0.05, 0) is 19.9 Å². The molecular weight excluding hydrogens is 344 g/mol. The van der Waals surface area contributed by atoms with Crippen molar-refractivity contribution < 1.29 is 19.1 Å². The molecule has 1 aromatic rings. The lowest BCUT2D eigenvalue weighted by Gasteiger charge is -2.44. The van der Waals surface area contributed by atoms with E-state index in [2.05, 4.69) is 5.32 Å². The Kier molecular flexibility index (Phi) is 4.84. The van der Waals surface area contributed by atoms with Gasteiger partial charge in [0.05, 0.1) is 25.2 Å². The fraction of sp³-hybridized carbons (Fsp3) is 0.619. The summed E-state index contributed by atoms with van der Waals surface area (Å²) in [5, 5.41) is 3.23. The van der Waals surface area contributed by atoms with Crippen molar-refractivity contribution in [1.29, 1.82) is 0 Å². The normalized spacial score (nSPS) is 26.8. The zero-order chi connectivity index (χ0) is 19.0. The van der Waals surface area contributed by atoms with Crippen LogP contribution in [-0.4, -0.2) is 48.1 Å². The highest BCUT2D eigenvalue weighted by molar-refractivity contribution is 5.89. The molecule has 2 atom stereocenters. The van der Waals surface area contributed by atoms with E-state index in [1.54, 1.807) is 4.90 Å². The zero-order valence-corrected chi connectivity index (χ0v) is 16.1. The van der Waals surface area contributed by atoms with Gasteiger partial charge in [0.1, 0.15) is 11.4 Å². The highest BCUT2D eigenvalue weighted by Crippen LogP contribution is 2.44. The molecule has 3 aliphatic rings. The predicted octanol–water partition coefficient (Wildman–Crippen LogP) is 2.43. The van der Waals surface area contributed by atoms with Gasteiger partial charge in [-0.25, -0.2) is 0 Å². The van der Waals surface area contributed by atoms with Crippen molar-refractivity contribution >= 4 is 11.8 Å². The van der Waals surface area contributed by atoms with Crippen LogP contribution in [0.4, 0.5) is 0 Å². The Morgan fingerprint density at radius 1 is 1.26 bits per heavy atom. The molecule has 1 spiro atoms. The number of carbonyl (C=O) groups is 2. The van der Waals surface area contributed by atoms with Gasteiger partial charge in [-0.1, -0.05) is 18.2 Å². The Hall–Kier alpha value is -2.08. The molecule has 4 rings (SSSR count). The summed E-state index contributed by atoms with van der Waals surface area (Å²) in [6.07, 6.45) is 2.70. The van der Waals surface area contributed by atoms with Crippen LogP contribution in [-0.2, 0) is 14.3 Å². The first kappa shape index (κ1) is 18.3. The molecule has 0 radical (unpaired) electrons. The second kappa shape index (κ2) is 7.15. The van der Waals surface area contributed by atoms with Crippen LogP contribution in [0.15, 0.2) is 24.3 Å². The van der Waals surface area contributed by atoms with Gasteiger partial charge >= 0.3 is 0 Å². The molecule has 1 aromatic carbocycles. The number of benzene rings is 1. The third-order valence-corrected chi connectivity index (χ3v) is 6.07. The number of fused-ring (bicyclic) bond motifs is 1. The maximum Gasteiger partial charge on any atom is 0.225 e. The molecule has 27 heavy (non-hydrogen) atoms. The second-order valence-electron chi connectivity index (χ2n) is 8.24. The van der Waals surface area contributed by atoms with Crippen LogP contribution in [0.3, 0.4) is 0 Å². The standard InChI is InChI=1S/C21H28N2O4/c1-14(2)23-13-15(11-19(23)24)20(25)22-17-12-21(7-9-26-10-8-21)27-18-6-4-3-5-16(17)18/h3-6,14-15,17H,7-13H2,1-2H3,(H,22,25)/t15-,17+/m1/s1. The van der Waals surface area contributed by atoms with E-state index >= 15 is 0 Å². The molecule has 0 saturated carbocycles. The molecule has 1 N–H and O–H groups in total. The number of nitrogens with one attached hydrogen (secondary N) is 1. The summed E-state index contributed by atoms with van der Waals surface area (Å²) < 4.78 is 11.9. The predicted molar refractivity (Wildman–Crippen MR) is 100 cm³/mol. The van der Waals surface area contributed by atoms with Gasteiger partial charge < -0.3 is 19.7 Å². The van der Waals surface area contributed by atoms with Crippen molar-refractivity contribution in [3.05, 3.63) is 29.8 Å². The molecule has 2 fully saturated rings. The number of amides is 2. The van der Waals surface area contributed by atoms with Gasteiger partial charge in [0.25, 0.3) is 0 Å². The summed E-state index contributed by atoms with van der Waals surface area (Å²) in [4.78, 5) is 26.9. The van der Waals surface area contributed by atoms with E-state index < -0.39 is 0 Å². The quantitative estimate of drug-likeness (QED) is 0.885. The lowest BCUT2D eigenvalue weighted by atomic mass is 9.82. The van der Waals surface area contributed by atoms with Crippen molar-refractivity contribution in [1.82, 2.24) is 10.2 Å². The minimum atomic E-state index is -0.278. The number of para-hydroxylation sites is 1. The SMILES string of the molecule is CC(C)N1C[C@H](C(=O)N[C@H]2CC3(CCOCC3)Oc3ccccc32)CC1=O. The number of nitrogens with zero attached hydrogens (tertiary/aromatic N) is 1. The Morgan fingerprint density at radius 2 is 2.00 bits per heavy atom. The molecule has 3 heterocycles. The molecule has 0 unspecified atom stereocenters. The highest BCUT2D eigenvalue weighted by atomic mass is 16.5. The monoisotopic (exact) mass is 372 g/mol. The summed E-state index contributed by atoms with van der Waals surface area (Å²) in [5.41, 5.74) is 0.744. The van der Waals surface area contributed by atoms with Gasteiger partial charge in [0, 0.05) is 43.8 Å². The van der Waals surface area contributed by atoms with E-state index in [9.17, 15) is 9.59 Å². The lowest BCUT2D eigenvalue weighted by Crippen LogP contribution is -2.49. The number of ether oxygens (including phenoxy) is 2. The van der Waals surface area contributed by atoms with Crippen molar-refractivity contribution in [3.8, 4) is 5.75 Å². The van der Waals surface area contributed by atoms with Crippen LogP contribution >= 0.6 is 0 Å². The van der Waals surface area contributed by atoms with Crippen molar-refractivity contribution in [2.24, 2.45) is 5.92 Å². The van der Waals surface area contributed by atoms with Crippen LogP contribution in [0.25, 0.3) is 0 Å². The lowest BCUT2D eigenvalue weighted by molar-refractivity contribution is -0.130. The van der Waals surface area contributed by atoms with Crippen LogP contribution in [0.2, 0.25) is 0 Å². The Labute approximate surface area is 160 Å². The fourth-order valence-corrected chi connectivity index (χ4v) is 4.49. The van der Waals surface area contributed by atoms with E-state index in [4.69, 9.17) is 9.47 Å². The molecular formula is C21H28N2O4. The fourth-order valence-electron chi connectivity index (χ4n) is 4.49. The van der Waals surface area contributed by atoms with E-state index in [-0.39, 0.29) is 35.4 Å². The highest BCUT2D eigenvalue weighted by Gasteiger charge is 2.44. The number of likely N-dealkylation sites (tertiary alicyclic amines) is 1. The van der Waals surface area contributed by atoms with E-state index in [1.165, 1.54) is 0 Å². The molecule has 146 valence electrons. The molecule has 0 bridgehead atoms. The Balaban J connectivity index is 1.52. The summed E-state index contributed by atoms with van der Waals surface area (Å²) >= 11 is 0. The van der Waals surface area contributed by atoms with Crippen molar-refractivity contribution in [2.75, 3.05) is 19.8 Å². The Bertz CT molecular complexity index is 727. The van der Waals surface area contributed by atoms with E-state index in [0.29, 0.717) is 26.2 Å². The number of hydrogen-bond donors (Lipinski definition) is 1. The average molecular weight is 372 g/mol. The molecule has 2 saturated heterocycles.